The van der Waals surface area contributed by atoms with E-state index in [0.717, 1.165) is 6.04 Å². The molecule has 1 fully saturated rings. The van der Waals surface area contributed by atoms with Crippen molar-refractivity contribution in [2.45, 2.75) is 12.5 Å². The van der Waals surface area contributed by atoms with E-state index in [4.69, 9.17) is 43.3 Å². The molecule has 0 bridgehead atoms. The molecule has 1 unspecified atom stereocenters. The molecule has 1 atom stereocenters. The van der Waals surface area contributed by atoms with Crippen molar-refractivity contribution in [3.8, 4) is 0 Å². The van der Waals surface area contributed by atoms with Gasteiger partial charge in [0.05, 0.1) is 59.5 Å². The van der Waals surface area contributed by atoms with Crippen molar-refractivity contribution < 1.29 is 82.2 Å². The zero-order chi connectivity index (χ0) is 21.3. The van der Waals surface area contributed by atoms with E-state index in [1.165, 1.54) is 12.2 Å². The Balaban J connectivity index is -0.000000220. The molecule has 1 aliphatic heterocycles. The summed E-state index contributed by atoms with van der Waals surface area (Å²) in [6.07, 6.45) is 2.94. The monoisotopic (exact) mass is 728 g/mol. The quantitative estimate of drug-likeness (QED) is 0.0773. The van der Waals surface area contributed by atoms with Gasteiger partial charge in [-0.1, -0.05) is 6.08 Å². The molecule has 1 heterocycles. The third-order valence-corrected chi connectivity index (χ3v) is 9.62. The summed E-state index contributed by atoms with van der Waals surface area (Å²) in [7, 11) is 5.02. The molecule has 0 aromatic carbocycles. The molecule has 9 nitrogen and oxygen atoms in total. The first-order valence-corrected chi connectivity index (χ1v) is 12.7. The summed E-state index contributed by atoms with van der Waals surface area (Å²) >= 11 is 1.82. The van der Waals surface area contributed by atoms with E-state index in [1.54, 1.807) is 20.3 Å². The Hall–Kier alpha value is 0.953. The second-order valence-electron chi connectivity index (χ2n) is 5.18. The molecule has 0 aliphatic carbocycles. The standard InChI is InChI=1S/C12H24O5.C5H11O2SSi.N2.U.V/c1-3-4-14-7-8-16-11-12-17-10-9-15-6-5-13-2;1-6-9(7-2)5-3-4-8-9;1-2;;/h3H,1,4-12H2,2H3;1,3-5H2,2H3;;;/q;+1;;;. The molecule has 173 valence electrons. The zero-order valence-electron chi connectivity index (χ0n) is 18.1. The molecular formula is C17H35N2O7SSiUV+. The maximum absolute atomic E-state index is 6.00. The van der Waals surface area contributed by atoms with Gasteiger partial charge in [0.2, 0.25) is 7.11 Å². The third kappa shape index (κ3) is 25.2. The number of rotatable bonds is 16. The van der Waals surface area contributed by atoms with Crippen molar-refractivity contribution in [3.63, 3.8) is 0 Å². The summed E-state index contributed by atoms with van der Waals surface area (Å²) in [5.41, 5.74) is 0. The van der Waals surface area contributed by atoms with Crippen LogP contribution in [0.5, 0.6) is 0 Å². The Labute approximate surface area is 222 Å². The number of methoxy groups -OCH3 is 1. The van der Waals surface area contributed by atoms with E-state index in [2.05, 4.69) is 13.7 Å². The van der Waals surface area contributed by atoms with Crippen LogP contribution >= 0.6 is 11.2 Å². The fourth-order valence-electron chi connectivity index (χ4n) is 1.89. The smallest absolute Gasteiger partial charge is 0.387 e. The Morgan fingerprint density at radius 1 is 0.933 bits per heavy atom. The van der Waals surface area contributed by atoms with Crippen molar-refractivity contribution in [2.24, 2.45) is 0 Å². The summed E-state index contributed by atoms with van der Waals surface area (Å²) < 4.78 is 36.1. The van der Waals surface area contributed by atoms with Crippen molar-refractivity contribution in [1.82, 2.24) is 0 Å². The van der Waals surface area contributed by atoms with Gasteiger partial charge in [-0.15, -0.1) is 17.8 Å². The van der Waals surface area contributed by atoms with Gasteiger partial charge in [0.1, 0.15) is 0 Å². The summed E-state index contributed by atoms with van der Waals surface area (Å²) in [6.45, 7) is 8.85. The number of hydrogen-bond donors (Lipinski definition) is 0. The third-order valence-electron chi connectivity index (χ3n) is 3.26. The minimum Gasteiger partial charge on any atom is -0.387 e. The Bertz CT molecular complexity index is 355. The first-order valence-electron chi connectivity index (χ1n) is 8.97. The average molecular weight is 729 g/mol. The molecule has 13 heteroatoms. The largest absolute Gasteiger partial charge is 0.460 e. The average Bonchev–Trinajstić information content (AvgIpc) is 3.23. The van der Waals surface area contributed by atoms with E-state index >= 15 is 0 Å². The molecule has 0 N–H and O–H groups in total. The van der Waals surface area contributed by atoms with Gasteiger partial charge in [-0.05, 0) is 12.2 Å². The molecule has 0 aromatic heterocycles. The predicted molar refractivity (Wildman–Crippen MR) is 110 cm³/mol. The summed E-state index contributed by atoms with van der Waals surface area (Å²) in [5.74, 6) is 1.18. The Morgan fingerprint density at radius 2 is 1.40 bits per heavy atom. The van der Waals surface area contributed by atoms with Crippen LogP contribution < -0.4 is 0 Å². The molecule has 0 saturated carbocycles. The van der Waals surface area contributed by atoms with Gasteiger partial charge in [-0.3, -0.25) is 0 Å². The molecule has 1 aliphatic rings. The molecule has 0 amide bonds. The second-order valence-corrected chi connectivity index (χ2v) is 11.2. The molecule has 0 aromatic rings. The van der Waals surface area contributed by atoms with Crippen LogP contribution in [0.15, 0.2) is 12.7 Å². The van der Waals surface area contributed by atoms with Gasteiger partial charge in [-0.2, -0.15) is 0 Å². The van der Waals surface area contributed by atoms with Crippen molar-refractivity contribution in [3.05, 3.63) is 19.8 Å². The maximum Gasteiger partial charge on any atom is 0.460 e. The minimum atomic E-state index is -1.77. The minimum absolute atomic E-state index is 0. The van der Waals surface area contributed by atoms with E-state index in [9.17, 15) is 0 Å². The molecule has 0 spiro atoms. The molecule has 1 saturated heterocycles. The SMILES string of the molecule is C=CCOCCOCCOCCOCCOC.N#N.[CH2+]O[Si]1(OC)CCCS1.[U].[V]. The predicted octanol–water partition coefficient (Wildman–Crippen LogP) is 2.43. The van der Waals surface area contributed by atoms with Crippen molar-refractivity contribution >= 4 is 18.9 Å². The normalized spacial score (nSPS) is 16.7. The van der Waals surface area contributed by atoms with Gasteiger partial charge >= 0.3 is 7.71 Å². The van der Waals surface area contributed by atoms with E-state index in [0.29, 0.717) is 59.5 Å². The van der Waals surface area contributed by atoms with Gasteiger partial charge in [0, 0.05) is 80.7 Å². The number of hydrogen-bond acceptors (Lipinski definition) is 10. The summed E-state index contributed by atoms with van der Waals surface area (Å²) in [4.78, 5) is 0. The molecule has 1 radical (unpaired) electrons. The van der Waals surface area contributed by atoms with Crippen LogP contribution in [0.4, 0.5) is 0 Å². The fourth-order valence-corrected chi connectivity index (χ4v) is 7.00. The second kappa shape index (κ2) is 32.1. The van der Waals surface area contributed by atoms with Crippen LogP contribution in [0.2, 0.25) is 6.04 Å². The van der Waals surface area contributed by atoms with Crippen LogP contribution in [0, 0.1) is 49.0 Å². The first-order chi connectivity index (χ1) is 13.7. The Kier molecular flexibility index (Phi) is 40.9. The van der Waals surface area contributed by atoms with E-state index in [-0.39, 0.29) is 49.7 Å². The van der Waals surface area contributed by atoms with Gasteiger partial charge in [0.25, 0.3) is 0 Å². The number of ether oxygens (including phenoxy) is 5. The number of nitrogens with zero attached hydrogens (tertiary/aromatic N) is 2. The van der Waals surface area contributed by atoms with E-state index in [1.807, 2.05) is 11.2 Å². The van der Waals surface area contributed by atoms with Crippen LogP contribution in [-0.4, -0.2) is 87.1 Å². The van der Waals surface area contributed by atoms with Crippen LogP contribution in [0.25, 0.3) is 0 Å². The summed E-state index contributed by atoms with van der Waals surface area (Å²) in [6, 6.07) is 1.09. The first kappa shape index (κ1) is 38.2. The topological polar surface area (TPSA) is 112 Å². The van der Waals surface area contributed by atoms with Crippen LogP contribution in [-0.2, 0) is 51.1 Å². The van der Waals surface area contributed by atoms with Crippen LogP contribution in [0.3, 0.4) is 0 Å². The van der Waals surface area contributed by atoms with E-state index < -0.39 is 7.71 Å². The zero-order valence-corrected chi connectivity index (χ0v) is 25.5. The van der Waals surface area contributed by atoms with Crippen molar-refractivity contribution in [2.75, 3.05) is 79.4 Å². The fraction of sp³-hybridized carbons (Fsp3) is 0.824. The van der Waals surface area contributed by atoms with Gasteiger partial charge in [0.15, 0.2) is 0 Å². The van der Waals surface area contributed by atoms with Crippen molar-refractivity contribution in [1.29, 1.82) is 10.8 Å². The van der Waals surface area contributed by atoms with Crippen LogP contribution in [0.1, 0.15) is 6.42 Å². The van der Waals surface area contributed by atoms with Gasteiger partial charge in [-0.25, -0.2) is 4.43 Å². The molecule has 30 heavy (non-hydrogen) atoms. The maximum atomic E-state index is 6.00. The summed E-state index contributed by atoms with van der Waals surface area (Å²) in [5, 5.41) is 12.0. The Morgan fingerprint density at radius 3 is 1.70 bits per heavy atom. The molecular weight excluding hydrogens is 693 g/mol. The van der Waals surface area contributed by atoms with Gasteiger partial charge < -0.3 is 28.1 Å². The molecule has 1 rings (SSSR count).